The van der Waals surface area contributed by atoms with E-state index in [4.69, 9.17) is 9.90 Å². The third-order valence-electron chi connectivity index (χ3n) is 4.84. The molecule has 0 atom stereocenters. The van der Waals surface area contributed by atoms with Crippen LogP contribution >= 0.6 is 11.3 Å². The number of nitrogens with one attached hydrogen (secondary N) is 2. The normalized spacial score (nSPS) is 10.8. The van der Waals surface area contributed by atoms with E-state index in [1.807, 2.05) is 53.2 Å². The Hall–Kier alpha value is -4.12. The number of carboxylic acid groups (broad SMARTS) is 1. The minimum atomic E-state index is -5.08. The van der Waals surface area contributed by atoms with Gasteiger partial charge in [0.15, 0.2) is 0 Å². The van der Waals surface area contributed by atoms with Crippen LogP contribution in [0.5, 0.6) is 0 Å². The summed E-state index contributed by atoms with van der Waals surface area (Å²) in [4.78, 5) is 26.5. The largest absolute Gasteiger partial charge is 0.490 e. The number of alkyl halides is 3. The Morgan fingerprint density at radius 3 is 2.36 bits per heavy atom. The van der Waals surface area contributed by atoms with Gasteiger partial charge in [0, 0.05) is 47.0 Å². The molecule has 0 spiro atoms. The molecule has 11 heteroatoms. The second-order valence-electron chi connectivity index (χ2n) is 7.47. The second kappa shape index (κ2) is 12.5. The maximum absolute atomic E-state index is 12.3. The highest BCUT2D eigenvalue weighted by Gasteiger charge is 2.38. The van der Waals surface area contributed by atoms with Crippen molar-refractivity contribution in [3.05, 3.63) is 101 Å². The Labute approximate surface area is 209 Å². The van der Waals surface area contributed by atoms with Crippen LogP contribution in [-0.2, 0) is 17.8 Å². The summed E-state index contributed by atoms with van der Waals surface area (Å²) in [7, 11) is 0. The molecule has 4 aromatic rings. The maximum Gasteiger partial charge on any atom is 0.490 e. The topological polar surface area (TPSA) is 96.3 Å². The van der Waals surface area contributed by atoms with Crippen LogP contribution in [0.1, 0.15) is 20.8 Å². The van der Waals surface area contributed by atoms with E-state index in [9.17, 15) is 18.0 Å². The molecule has 0 aliphatic heterocycles. The van der Waals surface area contributed by atoms with E-state index in [0.717, 1.165) is 24.3 Å². The zero-order chi connectivity index (χ0) is 26.0. The number of aromatic nitrogens is 2. The van der Waals surface area contributed by atoms with Gasteiger partial charge in [-0.2, -0.15) is 13.2 Å². The lowest BCUT2D eigenvalue weighted by molar-refractivity contribution is -0.192. The van der Waals surface area contributed by atoms with Crippen LogP contribution in [0.25, 0.3) is 5.69 Å². The summed E-state index contributed by atoms with van der Waals surface area (Å²) in [6.07, 6.45) is 1.24. The molecule has 0 fully saturated rings. The van der Waals surface area contributed by atoms with Gasteiger partial charge in [0.1, 0.15) is 0 Å². The van der Waals surface area contributed by atoms with Gasteiger partial charge in [-0.25, -0.2) is 9.78 Å². The number of nitrogens with zero attached hydrogens (tertiary/aromatic N) is 2. The number of carbonyl (C=O) groups excluding carboxylic acids is 1. The molecule has 0 radical (unpaired) electrons. The van der Waals surface area contributed by atoms with Gasteiger partial charge in [-0.1, -0.05) is 30.3 Å². The predicted molar refractivity (Wildman–Crippen MR) is 131 cm³/mol. The molecular weight excluding hydrogens is 493 g/mol. The van der Waals surface area contributed by atoms with E-state index < -0.39 is 12.1 Å². The number of amides is 1. The van der Waals surface area contributed by atoms with Crippen molar-refractivity contribution in [3.63, 3.8) is 0 Å². The van der Waals surface area contributed by atoms with Crippen molar-refractivity contribution >= 4 is 28.9 Å². The highest BCUT2D eigenvalue weighted by atomic mass is 32.1. The number of benzene rings is 2. The van der Waals surface area contributed by atoms with E-state index in [-0.39, 0.29) is 5.91 Å². The van der Waals surface area contributed by atoms with E-state index in [1.54, 1.807) is 23.9 Å². The Morgan fingerprint density at radius 1 is 1.06 bits per heavy atom. The minimum Gasteiger partial charge on any atom is -0.475 e. The molecule has 2 aromatic carbocycles. The van der Waals surface area contributed by atoms with Gasteiger partial charge in [-0.3, -0.25) is 4.79 Å². The van der Waals surface area contributed by atoms with Gasteiger partial charge < -0.3 is 20.3 Å². The number of carbonyl (C=O) groups is 2. The molecular formula is C25H23F3N4O3S. The van der Waals surface area contributed by atoms with E-state index >= 15 is 0 Å². The lowest BCUT2D eigenvalue weighted by Crippen LogP contribution is -2.25. The molecule has 4 rings (SSSR count). The molecule has 7 nitrogen and oxygen atoms in total. The van der Waals surface area contributed by atoms with Gasteiger partial charge in [-0.15, -0.1) is 11.3 Å². The number of rotatable bonds is 8. The number of hydrogen-bond donors (Lipinski definition) is 3. The number of imidazole rings is 1. The zero-order valence-electron chi connectivity index (χ0n) is 18.9. The molecule has 2 aromatic heterocycles. The molecule has 0 aliphatic carbocycles. The monoisotopic (exact) mass is 516 g/mol. The van der Waals surface area contributed by atoms with Crippen molar-refractivity contribution in [1.29, 1.82) is 0 Å². The Morgan fingerprint density at radius 2 is 1.75 bits per heavy atom. The third-order valence-corrected chi connectivity index (χ3v) is 5.77. The van der Waals surface area contributed by atoms with Crippen LogP contribution in [0.3, 0.4) is 0 Å². The fraction of sp³-hybridized carbons (Fsp3) is 0.160. The molecule has 2 heterocycles. The number of hydrogen-bond acceptors (Lipinski definition) is 5. The summed E-state index contributed by atoms with van der Waals surface area (Å²) in [5.41, 5.74) is 3.99. The Balaban J connectivity index is 0.000000454. The molecule has 0 unspecified atom stereocenters. The van der Waals surface area contributed by atoms with Crippen molar-refractivity contribution in [3.8, 4) is 5.69 Å². The number of halogens is 3. The smallest absolute Gasteiger partial charge is 0.475 e. The summed E-state index contributed by atoms with van der Waals surface area (Å²) in [5.74, 6) is -2.80. The second-order valence-corrected chi connectivity index (χ2v) is 8.46. The molecule has 36 heavy (non-hydrogen) atoms. The maximum atomic E-state index is 12.3. The van der Waals surface area contributed by atoms with Gasteiger partial charge >= 0.3 is 12.1 Å². The van der Waals surface area contributed by atoms with E-state index in [2.05, 4.69) is 39.2 Å². The quantitative estimate of drug-likeness (QED) is 0.301. The van der Waals surface area contributed by atoms with Crippen LogP contribution in [0.4, 0.5) is 18.9 Å². The summed E-state index contributed by atoms with van der Waals surface area (Å²) in [6, 6.07) is 19.9. The number of carboxylic acids is 1. The lowest BCUT2D eigenvalue weighted by atomic mass is 10.1. The Bertz CT molecular complexity index is 1240. The predicted octanol–water partition coefficient (Wildman–Crippen LogP) is 5.15. The van der Waals surface area contributed by atoms with Crippen molar-refractivity contribution < 1.29 is 27.9 Å². The standard InChI is InChI=1S/C23H22N4OS.C2HF3O2/c28-23(25-11-10-18-4-2-1-3-5-18)19-6-8-20(9-7-19)26-15-22-14-21(16-29-22)27-13-12-24-17-27;3-2(4,5)1(6)7/h1-9,12-14,16-17,26H,10-11,15H2,(H,25,28);(H,6,7). The van der Waals surface area contributed by atoms with Crippen LogP contribution in [-0.4, -0.2) is 39.3 Å². The average Bonchev–Trinajstić information content (AvgIpc) is 3.56. The van der Waals surface area contributed by atoms with Gasteiger partial charge in [0.2, 0.25) is 0 Å². The van der Waals surface area contributed by atoms with Crippen LogP contribution in [0.15, 0.2) is 84.8 Å². The average molecular weight is 517 g/mol. The number of aliphatic carboxylic acids is 1. The lowest BCUT2D eigenvalue weighted by Gasteiger charge is -2.08. The SMILES string of the molecule is O=C(NCCc1ccccc1)c1ccc(NCc2cc(-n3ccnc3)cs2)cc1.O=C(O)C(F)(F)F. The summed E-state index contributed by atoms with van der Waals surface area (Å²) in [5, 5.41) is 15.6. The van der Waals surface area contributed by atoms with Crippen molar-refractivity contribution in [2.75, 3.05) is 11.9 Å². The zero-order valence-corrected chi connectivity index (χ0v) is 19.7. The first kappa shape index (κ1) is 26.5. The highest BCUT2D eigenvalue weighted by Crippen LogP contribution is 2.20. The molecule has 3 N–H and O–H groups in total. The van der Waals surface area contributed by atoms with Crippen LogP contribution in [0.2, 0.25) is 0 Å². The molecule has 0 saturated heterocycles. The number of thiophene rings is 1. The van der Waals surface area contributed by atoms with E-state index in [0.29, 0.717) is 12.1 Å². The first-order valence-electron chi connectivity index (χ1n) is 10.7. The minimum absolute atomic E-state index is 0.0456. The van der Waals surface area contributed by atoms with Crippen molar-refractivity contribution in [2.24, 2.45) is 0 Å². The molecule has 1 amide bonds. The fourth-order valence-electron chi connectivity index (χ4n) is 3.00. The molecule has 0 aliphatic rings. The molecule has 0 bridgehead atoms. The van der Waals surface area contributed by atoms with Gasteiger partial charge in [-0.05, 0) is 42.3 Å². The van der Waals surface area contributed by atoms with Gasteiger partial charge in [0.05, 0.1) is 12.0 Å². The summed E-state index contributed by atoms with van der Waals surface area (Å²) < 4.78 is 33.7. The fourth-order valence-corrected chi connectivity index (χ4v) is 3.81. The first-order valence-corrected chi connectivity index (χ1v) is 11.6. The van der Waals surface area contributed by atoms with Crippen molar-refractivity contribution in [1.82, 2.24) is 14.9 Å². The molecule has 188 valence electrons. The number of anilines is 1. The van der Waals surface area contributed by atoms with E-state index in [1.165, 1.54) is 10.4 Å². The first-order chi connectivity index (χ1) is 17.2. The summed E-state index contributed by atoms with van der Waals surface area (Å²) in [6.45, 7) is 1.36. The van der Waals surface area contributed by atoms with Crippen molar-refractivity contribution in [2.45, 2.75) is 19.1 Å². The summed E-state index contributed by atoms with van der Waals surface area (Å²) >= 11 is 1.71. The molecule has 0 saturated carbocycles. The Kier molecular flexibility index (Phi) is 9.23. The van der Waals surface area contributed by atoms with Crippen LogP contribution in [0, 0.1) is 0 Å². The van der Waals surface area contributed by atoms with Crippen LogP contribution < -0.4 is 10.6 Å². The van der Waals surface area contributed by atoms with Gasteiger partial charge in [0.25, 0.3) is 5.91 Å². The highest BCUT2D eigenvalue weighted by molar-refractivity contribution is 7.10. The third kappa shape index (κ3) is 8.27.